The van der Waals surface area contributed by atoms with Crippen LogP contribution in [0.25, 0.3) is 0 Å². The molecule has 2 atom stereocenters. The molecule has 0 amide bonds. The van der Waals surface area contributed by atoms with E-state index in [0.717, 1.165) is 16.6 Å². The van der Waals surface area contributed by atoms with Gasteiger partial charge in [0.25, 0.3) is 0 Å². The highest BCUT2D eigenvalue weighted by Crippen LogP contribution is 2.42. The van der Waals surface area contributed by atoms with Crippen molar-refractivity contribution in [3.05, 3.63) is 77.3 Å². The van der Waals surface area contributed by atoms with Gasteiger partial charge in [-0.25, -0.2) is 0 Å². The van der Waals surface area contributed by atoms with Crippen molar-refractivity contribution in [1.82, 2.24) is 19.8 Å². The Morgan fingerprint density at radius 1 is 1.21 bits per heavy atom. The number of nitrogens with zero attached hydrogens (tertiary/aromatic N) is 3. The van der Waals surface area contributed by atoms with Crippen LogP contribution in [0.1, 0.15) is 60.4 Å². The van der Waals surface area contributed by atoms with Crippen LogP contribution in [0.2, 0.25) is 0 Å². The summed E-state index contributed by atoms with van der Waals surface area (Å²) < 4.78 is 8.00. The van der Waals surface area contributed by atoms with Gasteiger partial charge in [-0.3, -0.25) is 4.98 Å². The highest BCUT2D eigenvalue weighted by atomic mass is 32.1. The van der Waals surface area contributed by atoms with E-state index in [4.69, 9.17) is 16.6 Å². The second kappa shape index (κ2) is 7.43. The molecule has 3 aromatic heterocycles. The summed E-state index contributed by atoms with van der Waals surface area (Å²) in [6.45, 7) is 9.43. The number of hydrogen-bond donors (Lipinski definition) is 1. The molecule has 0 aliphatic carbocycles. The second-order valence-electron chi connectivity index (χ2n) is 7.62. The maximum atomic E-state index is 5.74. The minimum Gasteiger partial charge on any atom is -0.467 e. The molecule has 0 radical (unpaired) electrons. The molecule has 0 saturated carbocycles. The third-order valence-electron chi connectivity index (χ3n) is 5.46. The van der Waals surface area contributed by atoms with Crippen molar-refractivity contribution in [2.75, 3.05) is 0 Å². The quantitative estimate of drug-likeness (QED) is 0.627. The molecule has 1 aliphatic heterocycles. The van der Waals surface area contributed by atoms with Gasteiger partial charge < -0.3 is 19.2 Å². The summed E-state index contributed by atoms with van der Waals surface area (Å²) in [4.78, 5) is 6.84. The van der Waals surface area contributed by atoms with Gasteiger partial charge in [0.05, 0.1) is 30.6 Å². The Bertz CT molecular complexity index is 962. The van der Waals surface area contributed by atoms with Crippen LogP contribution in [0.4, 0.5) is 0 Å². The third kappa shape index (κ3) is 3.22. The molecule has 0 aromatic carbocycles. The van der Waals surface area contributed by atoms with Crippen molar-refractivity contribution >= 4 is 17.3 Å². The zero-order valence-corrected chi connectivity index (χ0v) is 17.5. The first-order valence-electron chi connectivity index (χ1n) is 9.66. The molecule has 3 aromatic rings. The lowest BCUT2D eigenvalue weighted by Gasteiger charge is -2.27. The first-order chi connectivity index (χ1) is 13.5. The zero-order chi connectivity index (χ0) is 19.8. The Balaban J connectivity index is 1.81. The Labute approximate surface area is 171 Å². The minimum atomic E-state index is -0.00947. The summed E-state index contributed by atoms with van der Waals surface area (Å²) in [5, 5.41) is 4.24. The van der Waals surface area contributed by atoms with E-state index in [1.807, 2.05) is 30.5 Å². The highest BCUT2D eigenvalue weighted by molar-refractivity contribution is 7.80. The molecular formula is C22H26N4OS. The van der Waals surface area contributed by atoms with Gasteiger partial charge in [0.15, 0.2) is 5.11 Å². The lowest BCUT2D eigenvalue weighted by atomic mass is 9.96. The van der Waals surface area contributed by atoms with E-state index in [0.29, 0.717) is 12.6 Å². The summed E-state index contributed by atoms with van der Waals surface area (Å²) in [5.41, 5.74) is 4.80. The number of hydrogen-bond acceptors (Lipinski definition) is 3. The first kappa shape index (κ1) is 18.7. The summed E-state index contributed by atoms with van der Waals surface area (Å²) in [7, 11) is 0. The van der Waals surface area contributed by atoms with Gasteiger partial charge in [-0.15, -0.1) is 0 Å². The Morgan fingerprint density at radius 2 is 2.04 bits per heavy atom. The van der Waals surface area contributed by atoms with Crippen LogP contribution in [-0.2, 0) is 6.54 Å². The number of nitrogens with one attached hydrogen (secondary N) is 1. The second-order valence-corrected chi connectivity index (χ2v) is 8.01. The maximum Gasteiger partial charge on any atom is 0.170 e. The van der Waals surface area contributed by atoms with Gasteiger partial charge >= 0.3 is 0 Å². The van der Waals surface area contributed by atoms with Crippen LogP contribution in [0, 0.1) is 13.8 Å². The van der Waals surface area contributed by atoms with Crippen LogP contribution >= 0.6 is 12.2 Å². The van der Waals surface area contributed by atoms with Gasteiger partial charge in [0, 0.05) is 23.6 Å². The van der Waals surface area contributed by atoms with Crippen LogP contribution in [-0.4, -0.2) is 19.6 Å². The molecule has 1 saturated heterocycles. The van der Waals surface area contributed by atoms with Gasteiger partial charge in [-0.1, -0.05) is 6.07 Å². The molecule has 4 heterocycles. The molecule has 0 bridgehead atoms. The summed E-state index contributed by atoms with van der Waals surface area (Å²) in [6, 6.07) is 12.7. The first-order valence-corrected chi connectivity index (χ1v) is 10.1. The number of furan rings is 1. The predicted octanol–water partition coefficient (Wildman–Crippen LogP) is 4.85. The molecular weight excluding hydrogens is 368 g/mol. The van der Waals surface area contributed by atoms with Crippen molar-refractivity contribution in [2.45, 2.75) is 52.4 Å². The number of aromatic nitrogens is 2. The fourth-order valence-corrected chi connectivity index (χ4v) is 4.69. The number of rotatable bonds is 5. The highest BCUT2D eigenvalue weighted by Gasteiger charge is 2.41. The van der Waals surface area contributed by atoms with Gasteiger partial charge in [-0.2, -0.15) is 0 Å². The molecule has 2 unspecified atom stereocenters. The lowest BCUT2D eigenvalue weighted by Crippen LogP contribution is -2.29. The minimum absolute atomic E-state index is 0.00947. The van der Waals surface area contributed by atoms with Crippen molar-refractivity contribution in [1.29, 1.82) is 0 Å². The van der Waals surface area contributed by atoms with E-state index in [1.54, 1.807) is 6.26 Å². The van der Waals surface area contributed by atoms with Gasteiger partial charge in [0.1, 0.15) is 5.76 Å². The predicted molar refractivity (Wildman–Crippen MR) is 114 cm³/mol. The summed E-state index contributed by atoms with van der Waals surface area (Å²) in [5.74, 6) is 0.897. The largest absolute Gasteiger partial charge is 0.467 e. The van der Waals surface area contributed by atoms with E-state index in [-0.39, 0.29) is 12.1 Å². The van der Waals surface area contributed by atoms with Crippen LogP contribution < -0.4 is 5.32 Å². The van der Waals surface area contributed by atoms with Crippen molar-refractivity contribution in [2.24, 2.45) is 0 Å². The van der Waals surface area contributed by atoms with E-state index < -0.39 is 0 Å². The summed E-state index contributed by atoms with van der Waals surface area (Å²) >= 11 is 5.74. The van der Waals surface area contributed by atoms with Gasteiger partial charge in [-0.05, 0) is 75.8 Å². The summed E-state index contributed by atoms with van der Waals surface area (Å²) in [6.07, 6.45) is 3.54. The lowest BCUT2D eigenvalue weighted by molar-refractivity contribution is 0.286. The molecule has 146 valence electrons. The van der Waals surface area contributed by atoms with Crippen molar-refractivity contribution < 1.29 is 4.42 Å². The Hall–Kier alpha value is -2.60. The van der Waals surface area contributed by atoms with Crippen molar-refractivity contribution in [3.63, 3.8) is 0 Å². The molecule has 4 rings (SSSR count). The smallest absolute Gasteiger partial charge is 0.170 e. The molecule has 1 N–H and O–H groups in total. The molecule has 1 aliphatic rings. The molecule has 6 heteroatoms. The number of pyridine rings is 1. The topological polar surface area (TPSA) is 46.2 Å². The Morgan fingerprint density at radius 3 is 2.64 bits per heavy atom. The fourth-order valence-electron chi connectivity index (χ4n) is 4.38. The average Bonchev–Trinajstić information content (AvgIpc) is 3.36. The van der Waals surface area contributed by atoms with Crippen LogP contribution in [0.5, 0.6) is 0 Å². The monoisotopic (exact) mass is 394 g/mol. The molecule has 28 heavy (non-hydrogen) atoms. The van der Waals surface area contributed by atoms with E-state index in [2.05, 4.69) is 59.6 Å². The zero-order valence-electron chi connectivity index (χ0n) is 16.7. The average molecular weight is 395 g/mol. The third-order valence-corrected chi connectivity index (χ3v) is 5.81. The molecule has 0 spiro atoms. The molecule has 5 nitrogen and oxygen atoms in total. The van der Waals surface area contributed by atoms with E-state index in [1.165, 1.54) is 17.0 Å². The van der Waals surface area contributed by atoms with E-state index in [9.17, 15) is 0 Å². The fraction of sp³-hybridized carbons (Fsp3) is 0.364. The molecule has 1 fully saturated rings. The van der Waals surface area contributed by atoms with Crippen molar-refractivity contribution in [3.8, 4) is 0 Å². The van der Waals surface area contributed by atoms with Crippen LogP contribution in [0.3, 0.4) is 0 Å². The SMILES string of the molecule is Cc1cc(C2C(c3ccccn3)NC(=S)N2Cc2ccco2)c(C)n1C(C)C. The maximum absolute atomic E-state index is 5.74. The van der Waals surface area contributed by atoms with Crippen LogP contribution in [0.15, 0.2) is 53.3 Å². The standard InChI is InChI=1S/C22H26N4OS/c1-14(2)26-15(3)12-18(16(26)4)21-20(19-9-5-6-10-23-19)24-22(28)25(21)13-17-8-7-11-27-17/h5-12,14,20-21H,13H2,1-4H3,(H,24,28). The number of thiocarbonyl (C=S) groups is 1. The van der Waals surface area contributed by atoms with Gasteiger partial charge in [0.2, 0.25) is 0 Å². The number of aryl methyl sites for hydroxylation is 1. The Kier molecular flexibility index (Phi) is 4.98. The normalized spacial score (nSPS) is 19.5. The van der Waals surface area contributed by atoms with E-state index >= 15 is 0 Å².